The summed E-state index contributed by atoms with van der Waals surface area (Å²) in [5.74, 6) is 0.202. The Hall–Kier alpha value is -2.07. The average Bonchev–Trinajstić information content (AvgIpc) is 2.46. The first-order valence-corrected chi connectivity index (χ1v) is 6.80. The number of ether oxygens (including phenoxy) is 2. The second-order valence-electron chi connectivity index (χ2n) is 5.01. The Bertz CT molecular complexity index is 611. The predicted octanol–water partition coefficient (Wildman–Crippen LogP) is 3.70. The number of hydrogen-bond acceptors (Lipinski definition) is 3. The normalized spacial score (nSPS) is 12.3. The van der Waals surface area contributed by atoms with Crippen LogP contribution in [0.5, 0.6) is 11.5 Å². The van der Waals surface area contributed by atoms with Crippen LogP contribution in [0.2, 0.25) is 0 Å². The molecule has 112 valence electrons. The number of halogens is 1. The molecule has 0 spiro atoms. The fourth-order valence-electron chi connectivity index (χ4n) is 2.11. The van der Waals surface area contributed by atoms with Gasteiger partial charge in [-0.1, -0.05) is 24.3 Å². The standard InChI is InChI=1S/C17H19FO3/c1-11(2)21-13-7-4-6-12(10-13)17(19)14-8-5-9-15(20-3)16(14)18/h4-11,17,19H,1-3H3. The predicted molar refractivity (Wildman–Crippen MR) is 79.2 cm³/mol. The highest BCUT2D eigenvalue weighted by molar-refractivity contribution is 5.39. The summed E-state index contributed by atoms with van der Waals surface area (Å²) in [5.41, 5.74) is 0.747. The molecular weight excluding hydrogens is 271 g/mol. The van der Waals surface area contributed by atoms with Gasteiger partial charge in [0.2, 0.25) is 0 Å². The first-order valence-electron chi connectivity index (χ1n) is 6.80. The van der Waals surface area contributed by atoms with Gasteiger partial charge < -0.3 is 14.6 Å². The van der Waals surface area contributed by atoms with Crippen LogP contribution in [-0.4, -0.2) is 18.3 Å². The molecule has 0 aliphatic rings. The minimum absolute atomic E-state index is 0.0333. The smallest absolute Gasteiger partial charge is 0.171 e. The Labute approximate surface area is 124 Å². The maximum absolute atomic E-state index is 14.2. The van der Waals surface area contributed by atoms with Crippen molar-refractivity contribution in [3.05, 3.63) is 59.4 Å². The van der Waals surface area contributed by atoms with Crippen molar-refractivity contribution in [2.75, 3.05) is 7.11 Å². The highest BCUT2D eigenvalue weighted by Gasteiger charge is 2.18. The summed E-state index contributed by atoms with van der Waals surface area (Å²) >= 11 is 0. The van der Waals surface area contributed by atoms with Crippen LogP contribution in [0.25, 0.3) is 0 Å². The Kier molecular flexibility index (Phi) is 4.81. The third kappa shape index (κ3) is 3.52. The van der Waals surface area contributed by atoms with Crippen LogP contribution in [0.4, 0.5) is 4.39 Å². The molecule has 1 atom stereocenters. The topological polar surface area (TPSA) is 38.7 Å². The molecule has 0 aliphatic heterocycles. The number of methoxy groups -OCH3 is 1. The summed E-state index contributed by atoms with van der Waals surface area (Å²) < 4.78 is 24.7. The van der Waals surface area contributed by atoms with Gasteiger partial charge in [-0.15, -0.1) is 0 Å². The molecule has 0 saturated carbocycles. The number of benzene rings is 2. The van der Waals surface area contributed by atoms with E-state index in [2.05, 4.69) is 0 Å². The zero-order valence-corrected chi connectivity index (χ0v) is 12.3. The number of aliphatic hydroxyl groups excluding tert-OH is 1. The quantitative estimate of drug-likeness (QED) is 0.912. The van der Waals surface area contributed by atoms with E-state index in [1.165, 1.54) is 13.2 Å². The molecule has 0 aliphatic carbocycles. The van der Waals surface area contributed by atoms with E-state index in [9.17, 15) is 9.50 Å². The molecule has 3 nitrogen and oxygen atoms in total. The lowest BCUT2D eigenvalue weighted by molar-refractivity contribution is 0.210. The molecular formula is C17H19FO3. The van der Waals surface area contributed by atoms with Crippen LogP contribution in [0.3, 0.4) is 0 Å². The Morgan fingerprint density at radius 1 is 1.10 bits per heavy atom. The van der Waals surface area contributed by atoms with Gasteiger partial charge in [0.15, 0.2) is 11.6 Å². The molecule has 0 fully saturated rings. The molecule has 0 amide bonds. The highest BCUT2D eigenvalue weighted by Crippen LogP contribution is 2.30. The van der Waals surface area contributed by atoms with Crippen molar-refractivity contribution in [3.8, 4) is 11.5 Å². The number of hydrogen-bond donors (Lipinski definition) is 1. The first kappa shape index (κ1) is 15.3. The SMILES string of the molecule is COc1cccc(C(O)c2cccc(OC(C)C)c2)c1F. The number of rotatable bonds is 5. The molecule has 1 N–H and O–H groups in total. The summed E-state index contributed by atoms with van der Waals surface area (Å²) in [6.07, 6.45) is -1.04. The van der Waals surface area contributed by atoms with Gasteiger partial charge in [0.05, 0.1) is 13.2 Å². The second kappa shape index (κ2) is 6.59. The zero-order valence-electron chi connectivity index (χ0n) is 12.3. The summed E-state index contributed by atoms with van der Waals surface area (Å²) in [7, 11) is 1.39. The second-order valence-corrected chi connectivity index (χ2v) is 5.01. The molecule has 2 rings (SSSR count). The molecule has 0 aromatic heterocycles. The van der Waals surface area contributed by atoms with Crippen LogP contribution in [-0.2, 0) is 0 Å². The summed E-state index contributed by atoms with van der Waals surface area (Å²) in [6.45, 7) is 3.84. The average molecular weight is 290 g/mol. The van der Waals surface area contributed by atoms with E-state index in [0.29, 0.717) is 11.3 Å². The molecule has 0 radical (unpaired) electrons. The van der Waals surface area contributed by atoms with Crippen LogP contribution in [0, 0.1) is 5.82 Å². The van der Waals surface area contributed by atoms with Crippen LogP contribution in [0.1, 0.15) is 31.1 Å². The summed E-state index contributed by atoms with van der Waals surface area (Å²) in [4.78, 5) is 0. The Balaban J connectivity index is 2.34. The van der Waals surface area contributed by atoms with Crippen molar-refractivity contribution in [2.24, 2.45) is 0 Å². The van der Waals surface area contributed by atoms with Gasteiger partial charge in [-0.3, -0.25) is 0 Å². The van der Waals surface area contributed by atoms with E-state index in [0.717, 1.165) is 0 Å². The van der Waals surface area contributed by atoms with E-state index in [4.69, 9.17) is 9.47 Å². The molecule has 0 bridgehead atoms. The Morgan fingerprint density at radius 2 is 1.81 bits per heavy atom. The Morgan fingerprint density at radius 3 is 2.48 bits per heavy atom. The van der Waals surface area contributed by atoms with Crippen molar-refractivity contribution in [3.63, 3.8) is 0 Å². The van der Waals surface area contributed by atoms with Crippen LogP contribution in [0.15, 0.2) is 42.5 Å². The lowest BCUT2D eigenvalue weighted by atomic mass is 10.0. The van der Waals surface area contributed by atoms with E-state index in [1.807, 2.05) is 13.8 Å². The minimum atomic E-state index is -1.07. The zero-order chi connectivity index (χ0) is 15.4. The first-order chi connectivity index (χ1) is 10.0. The maximum Gasteiger partial charge on any atom is 0.171 e. The van der Waals surface area contributed by atoms with Crippen LogP contribution >= 0.6 is 0 Å². The number of aliphatic hydroxyl groups is 1. The third-order valence-electron chi connectivity index (χ3n) is 3.05. The molecule has 2 aromatic carbocycles. The van der Waals surface area contributed by atoms with Gasteiger partial charge in [-0.2, -0.15) is 0 Å². The van der Waals surface area contributed by atoms with E-state index < -0.39 is 11.9 Å². The van der Waals surface area contributed by atoms with Crippen LogP contribution < -0.4 is 9.47 Å². The van der Waals surface area contributed by atoms with E-state index in [-0.39, 0.29) is 17.4 Å². The lowest BCUT2D eigenvalue weighted by Gasteiger charge is -2.16. The largest absolute Gasteiger partial charge is 0.494 e. The summed E-state index contributed by atoms with van der Waals surface area (Å²) in [5, 5.41) is 10.4. The van der Waals surface area contributed by atoms with Gasteiger partial charge in [0.1, 0.15) is 11.9 Å². The lowest BCUT2D eigenvalue weighted by Crippen LogP contribution is -2.07. The van der Waals surface area contributed by atoms with Crippen molar-refractivity contribution >= 4 is 0 Å². The molecule has 1 unspecified atom stereocenters. The van der Waals surface area contributed by atoms with Gasteiger partial charge in [-0.25, -0.2) is 4.39 Å². The monoisotopic (exact) mass is 290 g/mol. The van der Waals surface area contributed by atoms with Crippen molar-refractivity contribution in [1.82, 2.24) is 0 Å². The minimum Gasteiger partial charge on any atom is -0.494 e. The van der Waals surface area contributed by atoms with Crippen molar-refractivity contribution in [2.45, 2.75) is 26.1 Å². The third-order valence-corrected chi connectivity index (χ3v) is 3.05. The van der Waals surface area contributed by atoms with Gasteiger partial charge in [0.25, 0.3) is 0 Å². The maximum atomic E-state index is 14.2. The summed E-state index contributed by atoms with van der Waals surface area (Å²) in [6, 6.07) is 11.7. The fourth-order valence-corrected chi connectivity index (χ4v) is 2.11. The van der Waals surface area contributed by atoms with Crippen molar-refractivity contribution in [1.29, 1.82) is 0 Å². The van der Waals surface area contributed by atoms with Gasteiger partial charge >= 0.3 is 0 Å². The van der Waals surface area contributed by atoms with Crippen molar-refractivity contribution < 1.29 is 19.0 Å². The molecule has 0 saturated heterocycles. The van der Waals surface area contributed by atoms with Gasteiger partial charge in [0, 0.05) is 5.56 Å². The molecule has 2 aromatic rings. The highest BCUT2D eigenvalue weighted by atomic mass is 19.1. The molecule has 4 heteroatoms. The molecule has 0 heterocycles. The van der Waals surface area contributed by atoms with Gasteiger partial charge in [-0.05, 0) is 37.6 Å². The fraction of sp³-hybridized carbons (Fsp3) is 0.294. The molecule has 21 heavy (non-hydrogen) atoms. The van der Waals surface area contributed by atoms with E-state index >= 15 is 0 Å². The van der Waals surface area contributed by atoms with E-state index in [1.54, 1.807) is 36.4 Å².